The van der Waals surface area contributed by atoms with Gasteiger partial charge in [-0.25, -0.2) is 15.0 Å². The van der Waals surface area contributed by atoms with Gasteiger partial charge in [0.2, 0.25) is 0 Å². The first-order valence-electron chi connectivity index (χ1n) is 18.9. The van der Waals surface area contributed by atoms with Crippen LogP contribution < -0.4 is 0 Å². The molecule has 0 unspecified atom stereocenters. The van der Waals surface area contributed by atoms with Crippen LogP contribution in [0.3, 0.4) is 0 Å². The highest BCUT2D eigenvalue weighted by Crippen LogP contribution is 2.40. The minimum Gasteiger partial charge on any atom is -0.247 e. The second-order valence-corrected chi connectivity index (χ2v) is 14.0. The third-order valence-electron chi connectivity index (χ3n) is 10.5. The molecule has 0 saturated heterocycles. The average molecular weight is 714 g/mol. The van der Waals surface area contributed by atoms with Crippen molar-refractivity contribution >= 4 is 21.7 Å². The summed E-state index contributed by atoms with van der Waals surface area (Å²) in [5, 5.41) is 3.46. The van der Waals surface area contributed by atoms with Crippen LogP contribution in [-0.2, 0) is 0 Å². The Balaban J connectivity index is 1.09. The molecular weight excluding hydrogens is 679 g/mol. The van der Waals surface area contributed by atoms with Crippen molar-refractivity contribution in [1.29, 1.82) is 0 Å². The van der Waals surface area contributed by atoms with Gasteiger partial charge in [-0.05, 0) is 51.6 Å². The fraction of sp³-hybridized carbons (Fsp3) is 0. The van der Waals surface area contributed by atoms with Crippen molar-refractivity contribution in [2.75, 3.05) is 0 Å². The Morgan fingerprint density at radius 3 is 1.36 bits per heavy atom. The van der Waals surface area contributed by atoms with Crippen LogP contribution in [-0.4, -0.2) is 15.0 Å². The lowest BCUT2D eigenvalue weighted by Gasteiger charge is -2.16. The Kier molecular flexibility index (Phi) is 8.51. The van der Waals surface area contributed by atoms with E-state index < -0.39 is 0 Å². The molecule has 0 atom stereocenters. The normalized spacial score (nSPS) is 11.2. The summed E-state index contributed by atoms with van der Waals surface area (Å²) in [6, 6.07) is 74.6. The molecular formula is C53H35N3. The molecule has 0 radical (unpaired) electrons. The van der Waals surface area contributed by atoms with Gasteiger partial charge < -0.3 is 0 Å². The molecule has 3 nitrogen and oxygen atoms in total. The van der Waals surface area contributed by atoms with E-state index in [0.29, 0.717) is 5.82 Å². The predicted molar refractivity (Wildman–Crippen MR) is 233 cm³/mol. The quantitative estimate of drug-likeness (QED) is 0.154. The van der Waals surface area contributed by atoms with Crippen LogP contribution in [0.25, 0.3) is 100 Å². The summed E-state index contributed by atoms with van der Waals surface area (Å²) in [7, 11) is 0. The molecule has 10 aromatic rings. The smallest absolute Gasteiger partial charge is 0.160 e. The monoisotopic (exact) mass is 713 g/mol. The van der Waals surface area contributed by atoms with E-state index in [0.717, 1.165) is 66.8 Å². The van der Waals surface area contributed by atoms with Crippen LogP contribution >= 0.6 is 0 Å². The van der Waals surface area contributed by atoms with E-state index >= 15 is 0 Å². The van der Waals surface area contributed by atoms with Gasteiger partial charge in [-0.1, -0.05) is 194 Å². The standard InChI is InChI=1S/C53H35N3/c1-5-14-36(15-6-1)37-24-28-39(29-25-37)45-22-13-23-46-51(45)47-34-44(32-33-48(47)54-52(46)42-18-9-3-10-19-42)38-26-30-41(31-27-38)50-35-49(40-16-7-2-8-17-40)55-53(56-50)43-20-11-4-12-21-43/h1-35H. The number of hydrogen-bond acceptors (Lipinski definition) is 3. The highest BCUT2D eigenvalue weighted by Gasteiger charge is 2.16. The number of pyridine rings is 1. The lowest BCUT2D eigenvalue weighted by atomic mass is 9.91. The Morgan fingerprint density at radius 2 is 0.732 bits per heavy atom. The molecule has 10 rings (SSSR count). The number of benzene rings is 8. The molecule has 0 aliphatic heterocycles. The first-order chi connectivity index (χ1) is 27.7. The third-order valence-corrected chi connectivity index (χ3v) is 10.5. The van der Waals surface area contributed by atoms with Gasteiger partial charge in [-0.3, -0.25) is 0 Å². The van der Waals surface area contributed by atoms with Crippen LogP contribution in [0.5, 0.6) is 0 Å². The first kappa shape index (κ1) is 33.1. The summed E-state index contributed by atoms with van der Waals surface area (Å²) in [6.07, 6.45) is 0. The molecule has 0 spiro atoms. The Labute approximate surface area is 326 Å². The summed E-state index contributed by atoms with van der Waals surface area (Å²) in [5.41, 5.74) is 14.9. The molecule has 2 heterocycles. The molecule has 0 N–H and O–H groups in total. The number of aromatic nitrogens is 3. The molecule has 0 bridgehead atoms. The minimum absolute atomic E-state index is 0.709. The van der Waals surface area contributed by atoms with Gasteiger partial charge >= 0.3 is 0 Å². The largest absolute Gasteiger partial charge is 0.247 e. The zero-order valence-corrected chi connectivity index (χ0v) is 30.5. The fourth-order valence-electron chi connectivity index (χ4n) is 7.66. The Bertz CT molecular complexity index is 2900. The molecule has 0 fully saturated rings. The lowest BCUT2D eigenvalue weighted by molar-refractivity contribution is 1.18. The zero-order chi connectivity index (χ0) is 37.3. The number of nitrogens with zero attached hydrogens (tertiary/aromatic N) is 3. The average Bonchev–Trinajstić information content (AvgIpc) is 3.29. The molecule has 0 aliphatic rings. The summed E-state index contributed by atoms with van der Waals surface area (Å²) < 4.78 is 0. The maximum atomic E-state index is 5.30. The van der Waals surface area contributed by atoms with Crippen LogP contribution in [0.4, 0.5) is 0 Å². The van der Waals surface area contributed by atoms with Gasteiger partial charge in [0.25, 0.3) is 0 Å². The van der Waals surface area contributed by atoms with Crippen LogP contribution in [0.1, 0.15) is 0 Å². The molecule has 262 valence electrons. The van der Waals surface area contributed by atoms with E-state index in [2.05, 4.69) is 176 Å². The second kappa shape index (κ2) is 14.4. The number of fused-ring (bicyclic) bond motifs is 3. The zero-order valence-electron chi connectivity index (χ0n) is 30.5. The van der Waals surface area contributed by atoms with Gasteiger partial charge in [0.15, 0.2) is 5.82 Å². The minimum atomic E-state index is 0.709. The fourth-order valence-corrected chi connectivity index (χ4v) is 7.66. The van der Waals surface area contributed by atoms with E-state index in [1.807, 2.05) is 36.4 Å². The molecule has 3 heteroatoms. The van der Waals surface area contributed by atoms with E-state index in [9.17, 15) is 0 Å². The van der Waals surface area contributed by atoms with Gasteiger partial charge in [0, 0.05) is 38.4 Å². The molecule has 0 aliphatic carbocycles. The summed E-state index contributed by atoms with van der Waals surface area (Å²) in [5.74, 6) is 0.709. The van der Waals surface area contributed by atoms with Crippen LogP contribution in [0.2, 0.25) is 0 Å². The summed E-state index contributed by atoms with van der Waals surface area (Å²) in [4.78, 5) is 15.3. The Hall–Kier alpha value is -7.49. The Morgan fingerprint density at radius 1 is 0.268 bits per heavy atom. The van der Waals surface area contributed by atoms with Gasteiger partial charge in [-0.2, -0.15) is 0 Å². The van der Waals surface area contributed by atoms with Crippen molar-refractivity contribution < 1.29 is 0 Å². The molecule has 2 aromatic heterocycles. The van der Waals surface area contributed by atoms with Crippen molar-refractivity contribution in [3.05, 3.63) is 212 Å². The van der Waals surface area contributed by atoms with Crippen molar-refractivity contribution in [3.63, 3.8) is 0 Å². The van der Waals surface area contributed by atoms with E-state index in [-0.39, 0.29) is 0 Å². The molecule has 0 amide bonds. The summed E-state index contributed by atoms with van der Waals surface area (Å²) in [6.45, 7) is 0. The van der Waals surface area contributed by atoms with E-state index in [1.165, 1.54) is 27.6 Å². The maximum absolute atomic E-state index is 5.30. The lowest BCUT2D eigenvalue weighted by Crippen LogP contribution is -1.95. The van der Waals surface area contributed by atoms with Crippen molar-refractivity contribution in [2.45, 2.75) is 0 Å². The predicted octanol–water partition coefficient (Wildman–Crippen LogP) is 13.8. The summed E-state index contributed by atoms with van der Waals surface area (Å²) >= 11 is 0. The third kappa shape index (κ3) is 6.31. The van der Waals surface area contributed by atoms with Gasteiger partial charge in [0.1, 0.15) is 0 Å². The van der Waals surface area contributed by atoms with Crippen molar-refractivity contribution in [2.24, 2.45) is 0 Å². The maximum Gasteiger partial charge on any atom is 0.160 e. The van der Waals surface area contributed by atoms with Crippen LogP contribution in [0.15, 0.2) is 212 Å². The van der Waals surface area contributed by atoms with E-state index in [1.54, 1.807) is 0 Å². The molecule has 8 aromatic carbocycles. The van der Waals surface area contributed by atoms with E-state index in [4.69, 9.17) is 15.0 Å². The molecule has 0 saturated carbocycles. The van der Waals surface area contributed by atoms with Gasteiger partial charge in [0.05, 0.1) is 22.6 Å². The SMILES string of the molecule is c1ccc(-c2ccc(-c3cccc4c(-c5ccccc5)nc5ccc(-c6ccc(-c7cc(-c8ccccc8)nc(-c8ccccc8)n7)cc6)cc5c34)cc2)cc1. The van der Waals surface area contributed by atoms with Crippen LogP contribution in [0, 0.1) is 0 Å². The number of hydrogen-bond donors (Lipinski definition) is 0. The van der Waals surface area contributed by atoms with Crippen molar-refractivity contribution in [1.82, 2.24) is 15.0 Å². The number of rotatable bonds is 7. The highest BCUT2D eigenvalue weighted by molar-refractivity contribution is 6.17. The van der Waals surface area contributed by atoms with Crippen molar-refractivity contribution in [3.8, 4) is 78.5 Å². The second-order valence-electron chi connectivity index (χ2n) is 14.0. The first-order valence-corrected chi connectivity index (χ1v) is 18.9. The van der Waals surface area contributed by atoms with Gasteiger partial charge in [-0.15, -0.1) is 0 Å². The molecule has 56 heavy (non-hydrogen) atoms. The topological polar surface area (TPSA) is 38.7 Å². The highest BCUT2D eigenvalue weighted by atomic mass is 14.9.